The van der Waals surface area contributed by atoms with E-state index in [0.29, 0.717) is 28.9 Å². The summed E-state index contributed by atoms with van der Waals surface area (Å²) in [5.41, 5.74) is 7.33. The van der Waals surface area contributed by atoms with Crippen LogP contribution in [0.4, 0.5) is 0 Å². The van der Waals surface area contributed by atoms with Gasteiger partial charge in [-0.25, -0.2) is 0 Å². The Kier molecular flexibility index (Phi) is 1.86. The smallest absolute Gasteiger partial charge is 0.248 e. The number of rotatable bonds is 2. The van der Waals surface area contributed by atoms with Crippen molar-refractivity contribution in [2.45, 2.75) is 6.42 Å². The van der Waals surface area contributed by atoms with Crippen LogP contribution in [0.2, 0.25) is 0 Å². The Morgan fingerprint density at radius 2 is 2.38 bits per heavy atom. The van der Waals surface area contributed by atoms with Gasteiger partial charge in [0.2, 0.25) is 11.0 Å². The number of benzene rings is 1. The molecule has 68 valence electrons. The van der Waals surface area contributed by atoms with Crippen LogP contribution in [0.1, 0.15) is 5.56 Å². The molecule has 0 aliphatic rings. The molecule has 0 radical (unpaired) electrons. The fourth-order valence-electron chi connectivity index (χ4n) is 1.34. The fraction of sp³-hybridized carbons (Fsp3) is 0.250. The quantitative estimate of drug-likeness (QED) is 0.656. The molecule has 0 atom stereocenters. The van der Waals surface area contributed by atoms with Gasteiger partial charge in [-0.05, 0) is 23.9 Å². The van der Waals surface area contributed by atoms with Crippen molar-refractivity contribution < 1.29 is 9.53 Å². The molecule has 1 aromatic heterocycles. The summed E-state index contributed by atoms with van der Waals surface area (Å²) in [4.78, 5) is 0.417. The zero-order chi connectivity index (χ0) is 9.26. The predicted octanol–water partition coefficient (Wildman–Crippen LogP) is -0.0376. The molecule has 0 aliphatic heterocycles. The van der Waals surface area contributed by atoms with E-state index >= 15 is 0 Å². The van der Waals surface area contributed by atoms with Crippen molar-refractivity contribution in [2.75, 3.05) is 6.54 Å². The lowest BCUT2D eigenvalue weighted by molar-refractivity contribution is -0.782. The lowest BCUT2D eigenvalue weighted by atomic mass is 10.1. The third-order valence-corrected chi connectivity index (χ3v) is 1.91. The van der Waals surface area contributed by atoms with E-state index in [9.17, 15) is 5.21 Å². The fourth-order valence-corrected chi connectivity index (χ4v) is 1.34. The second-order valence-electron chi connectivity index (χ2n) is 2.75. The number of aromatic nitrogens is 2. The van der Waals surface area contributed by atoms with E-state index < -0.39 is 0 Å². The Bertz CT molecular complexity index is 424. The molecule has 2 N–H and O–H groups in total. The Hall–Kier alpha value is -1.62. The molecule has 1 heterocycles. The SMILES string of the molecule is NCCc1cccc2no[n+]([O-])c12. The van der Waals surface area contributed by atoms with Gasteiger partial charge in [-0.1, -0.05) is 12.1 Å². The molecule has 5 heteroatoms. The molecule has 5 nitrogen and oxygen atoms in total. The standard InChI is InChI=1S/C8H9N3O2/c9-5-4-6-2-1-3-7-8(6)11(12)13-10-7/h1-3H,4-5,9H2. The normalized spacial score (nSPS) is 10.8. The summed E-state index contributed by atoms with van der Waals surface area (Å²) in [5.74, 6) is 0. The van der Waals surface area contributed by atoms with Gasteiger partial charge in [0.15, 0.2) is 0 Å². The van der Waals surface area contributed by atoms with Crippen molar-refractivity contribution in [2.24, 2.45) is 5.73 Å². The Morgan fingerprint density at radius 3 is 3.15 bits per heavy atom. The predicted molar refractivity (Wildman–Crippen MR) is 45.7 cm³/mol. The van der Waals surface area contributed by atoms with E-state index in [2.05, 4.69) is 9.79 Å². The van der Waals surface area contributed by atoms with Crippen LogP contribution >= 0.6 is 0 Å². The second kappa shape index (κ2) is 3.02. The maximum absolute atomic E-state index is 11.1. The van der Waals surface area contributed by atoms with E-state index in [1.807, 2.05) is 12.1 Å². The van der Waals surface area contributed by atoms with Gasteiger partial charge >= 0.3 is 0 Å². The molecular formula is C8H9N3O2. The second-order valence-corrected chi connectivity index (χ2v) is 2.75. The van der Waals surface area contributed by atoms with Crippen molar-refractivity contribution in [1.82, 2.24) is 5.16 Å². The van der Waals surface area contributed by atoms with Crippen LogP contribution in [0.5, 0.6) is 0 Å². The monoisotopic (exact) mass is 179 g/mol. The number of nitrogens with two attached hydrogens (primary N) is 1. The Labute approximate surface area is 74.3 Å². The largest absolute Gasteiger partial charge is 0.359 e. The lowest BCUT2D eigenvalue weighted by Gasteiger charge is -1.96. The van der Waals surface area contributed by atoms with Gasteiger partial charge in [0.1, 0.15) is 0 Å². The summed E-state index contributed by atoms with van der Waals surface area (Å²) in [6.45, 7) is 0.504. The lowest BCUT2D eigenvalue weighted by Crippen LogP contribution is -2.24. The van der Waals surface area contributed by atoms with E-state index in [1.54, 1.807) is 6.07 Å². The molecule has 0 spiro atoms. The van der Waals surface area contributed by atoms with Crippen molar-refractivity contribution in [1.29, 1.82) is 0 Å². The topological polar surface area (TPSA) is 79.0 Å². The van der Waals surface area contributed by atoms with Gasteiger partial charge in [-0.3, -0.25) is 4.63 Å². The number of fused-ring (bicyclic) bond motifs is 1. The molecule has 2 rings (SSSR count). The molecule has 1 aromatic carbocycles. The average Bonchev–Trinajstić information content (AvgIpc) is 2.50. The van der Waals surface area contributed by atoms with Gasteiger partial charge in [-0.15, -0.1) is 0 Å². The third kappa shape index (κ3) is 1.23. The van der Waals surface area contributed by atoms with Crippen LogP contribution in [0, 0.1) is 5.21 Å². The minimum absolute atomic E-state index is 0.417. The van der Waals surface area contributed by atoms with E-state index in [0.717, 1.165) is 5.56 Å². The summed E-state index contributed by atoms with van der Waals surface area (Å²) < 4.78 is 4.47. The number of hydrogen-bond acceptors (Lipinski definition) is 4. The highest BCUT2D eigenvalue weighted by molar-refractivity contribution is 5.73. The van der Waals surface area contributed by atoms with Gasteiger partial charge in [0.05, 0.1) is 0 Å². The van der Waals surface area contributed by atoms with Crippen molar-refractivity contribution in [3.63, 3.8) is 0 Å². The highest BCUT2D eigenvalue weighted by atomic mass is 16.8. The van der Waals surface area contributed by atoms with Crippen LogP contribution in [-0.2, 0) is 6.42 Å². The molecule has 0 amide bonds. The number of para-hydroxylation sites is 1. The number of nitrogens with zero attached hydrogens (tertiary/aromatic N) is 2. The molecule has 0 bridgehead atoms. The highest BCUT2D eigenvalue weighted by Crippen LogP contribution is 2.12. The minimum atomic E-state index is 0.417. The van der Waals surface area contributed by atoms with Gasteiger partial charge < -0.3 is 10.9 Å². The first kappa shape index (κ1) is 8.00. The highest BCUT2D eigenvalue weighted by Gasteiger charge is 2.12. The van der Waals surface area contributed by atoms with Crippen LogP contribution in [-0.4, -0.2) is 11.7 Å². The Balaban J connectivity index is 2.65. The molecule has 2 aromatic rings. The van der Waals surface area contributed by atoms with Crippen molar-refractivity contribution in [3.8, 4) is 0 Å². The molecule has 0 saturated carbocycles. The van der Waals surface area contributed by atoms with Crippen LogP contribution in [0.3, 0.4) is 0 Å². The van der Waals surface area contributed by atoms with Crippen LogP contribution in [0.25, 0.3) is 11.0 Å². The van der Waals surface area contributed by atoms with Crippen molar-refractivity contribution >= 4 is 11.0 Å². The molecule has 0 saturated heterocycles. The molecule has 0 unspecified atom stereocenters. The summed E-state index contributed by atoms with van der Waals surface area (Å²) in [5, 5.41) is 14.7. The summed E-state index contributed by atoms with van der Waals surface area (Å²) in [7, 11) is 0. The van der Waals surface area contributed by atoms with Crippen LogP contribution in [0.15, 0.2) is 22.8 Å². The molecule has 0 aliphatic carbocycles. The summed E-state index contributed by atoms with van der Waals surface area (Å²) in [6.07, 6.45) is 0.654. The first-order valence-electron chi connectivity index (χ1n) is 4.00. The Morgan fingerprint density at radius 1 is 1.54 bits per heavy atom. The summed E-state index contributed by atoms with van der Waals surface area (Å²) in [6, 6.07) is 5.41. The first-order chi connectivity index (χ1) is 6.33. The van der Waals surface area contributed by atoms with Crippen LogP contribution < -0.4 is 10.6 Å². The van der Waals surface area contributed by atoms with Gasteiger partial charge in [0.25, 0.3) is 0 Å². The molecular weight excluding hydrogens is 170 g/mol. The zero-order valence-corrected chi connectivity index (χ0v) is 6.93. The van der Waals surface area contributed by atoms with E-state index in [1.165, 1.54) is 0 Å². The third-order valence-electron chi connectivity index (χ3n) is 1.91. The van der Waals surface area contributed by atoms with E-state index in [4.69, 9.17) is 5.73 Å². The first-order valence-corrected chi connectivity index (χ1v) is 4.00. The van der Waals surface area contributed by atoms with Crippen molar-refractivity contribution in [3.05, 3.63) is 29.0 Å². The molecule has 13 heavy (non-hydrogen) atoms. The maximum atomic E-state index is 11.1. The maximum Gasteiger partial charge on any atom is 0.248 e. The van der Waals surface area contributed by atoms with E-state index in [-0.39, 0.29) is 0 Å². The minimum Gasteiger partial charge on any atom is -0.359 e. The zero-order valence-electron chi connectivity index (χ0n) is 6.93. The summed E-state index contributed by atoms with van der Waals surface area (Å²) >= 11 is 0. The molecule has 0 fully saturated rings. The van der Waals surface area contributed by atoms with Gasteiger partial charge in [0, 0.05) is 10.7 Å². The van der Waals surface area contributed by atoms with Gasteiger partial charge in [-0.2, -0.15) is 0 Å². The average molecular weight is 179 g/mol. The number of hydrogen-bond donors (Lipinski definition) is 1.